The second-order valence-electron chi connectivity index (χ2n) is 10.2. The lowest BCUT2D eigenvalue weighted by molar-refractivity contribution is 0.0318. The van der Waals surface area contributed by atoms with E-state index in [0.717, 1.165) is 25.9 Å². The van der Waals surface area contributed by atoms with Gasteiger partial charge in [-0.3, -0.25) is 9.69 Å². The summed E-state index contributed by atoms with van der Waals surface area (Å²) >= 11 is 0. The van der Waals surface area contributed by atoms with Gasteiger partial charge in [-0.2, -0.15) is 0 Å². The van der Waals surface area contributed by atoms with Gasteiger partial charge in [0.15, 0.2) is 0 Å². The highest BCUT2D eigenvalue weighted by Crippen LogP contribution is 2.24. The summed E-state index contributed by atoms with van der Waals surface area (Å²) < 4.78 is 54.4. The number of amides is 1. The van der Waals surface area contributed by atoms with Crippen LogP contribution in [0.4, 0.5) is 4.39 Å². The number of rotatable bonds is 11. The Kier molecular flexibility index (Phi) is 9.25. The van der Waals surface area contributed by atoms with E-state index < -0.39 is 21.4 Å². The molecule has 1 atom stereocenters. The molecule has 0 N–H and O–H groups in total. The zero-order chi connectivity index (χ0) is 28.0. The Bertz CT molecular complexity index is 1390. The van der Waals surface area contributed by atoms with Crippen LogP contribution in [0.1, 0.15) is 34.5 Å². The first kappa shape index (κ1) is 28.4. The lowest BCUT2D eigenvalue weighted by Crippen LogP contribution is -2.43. The van der Waals surface area contributed by atoms with E-state index in [1.807, 2.05) is 18.2 Å². The van der Waals surface area contributed by atoms with E-state index in [1.165, 1.54) is 24.4 Å². The van der Waals surface area contributed by atoms with E-state index in [4.69, 9.17) is 9.47 Å². The maximum absolute atomic E-state index is 14.4. The number of morpholine rings is 1. The summed E-state index contributed by atoms with van der Waals surface area (Å²) in [5.74, 6) is -1.23. The fourth-order valence-corrected chi connectivity index (χ4v) is 6.65. The Hall–Kier alpha value is -3.12. The highest BCUT2D eigenvalue weighted by Gasteiger charge is 2.29. The van der Waals surface area contributed by atoms with Crippen molar-refractivity contribution in [2.24, 2.45) is 0 Å². The van der Waals surface area contributed by atoms with Gasteiger partial charge in [-0.15, -0.1) is 0 Å². The number of hydrogen-bond donors (Lipinski definition) is 0. The van der Waals surface area contributed by atoms with Crippen molar-refractivity contribution < 1.29 is 27.1 Å². The summed E-state index contributed by atoms with van der Waals surface area (Å²) in [4.78, 5) is 21.9. The van der Waals surface area contributed by atoms with Gasteiger partial charge in [0.25, 0.3) is 5.91 Å². The molecular weight excluding hydrogens is 535 g/mol. The molecule has 0 unspecified atom stereocenters. The molecule has 40 heavy (non-hydrogen) atoms. The first-order chi connectivity index (χ1) is 19.4. The quantitative estimate of drug-likeness (QED) is 0.350. The fraction of sp³-hybridized carbons (Fsp3) is 0.448. The normalized spacial score (nSPS) is 18.2. The second kappa shape index (κ2) is 13.0. The third-order valence-corrected chi connectivity index (χ3v) is 8.92. The van der Waals surface area contributed by atoms with Crippen molar-refractivity contribution in [3.63, 3.8) is 0 Å². The molecule has 214 valence electrons. The van der Waals surface area contributed by atoms with Crippen LogP contribution in [0.2, 0.25) is 0 Å². The van der Waals surface area contributed by atoms with Crippen molar-refractivity contribution in [1.82, 2.24) is 19.4 Å². The summed E-state index contributed by atoms with van der Waals surface area (Å²) in [6, 6.07) is 14.9. The molecule has 11 heteroatoms. The molecule has 0 radical (unpaired) electrons. The summed E-state index contributed by atoms with van der Waals surface area (Å²) in [6.07, 6.45) is 3.04. The minimum Gasteiger partial charge on any atom is -0.379 e. The number of aromatic nitrogens is 2. The monoisotopic (exact) mass is 570 g/mol. The molecule has 0 aliphatic carbocycles. The number of ether oxygens (including phenoxy) is 2. The van der Waals surface area contributed by atoms with E-state index in [9.17, 15) is 17.6 Å². The molecule has 2 saturated heterocycles. The van der Waals surface area contributed by atoms with Crippen molar-refractivity contribution in [2.45, 2.75) is 42.9 Å². The third kappa shape index (κ3) is 6.95. The molecule has 0 spiro atoms. The summed E-state index contributed by atoms with van der Waals surface area (Å²) in [5, 5.41) is -0.137. The molecule has 1 amide bonds. The molecule has 0 bridgehead atoms. The highest BCUT2D eigenvalue weighted by molar-refractivity contribution is 7.90. The minimum atomic E-state index is -3.99. The molecule has 3 heterocycles. The van der Waals surface area contributed by atoms with Gasteiger partial charge in [0.05, 0.1) is 50.1 Å². The largest absolute Gasteiger partial charge is 0.379 e. The van der Waals surface area contributed by atoms with Crippen LogP contribution in [-0.4, -0.2) is 85.8 Å². The van der Waals surface area contributed by atoms with Gasteiger partial charge in [-0.25, -0.2) is 17.8 Å². The standard InChI is InChI=1S/C29H35FN4O5S/c30-27-11-5-4-9-24(27)22-40(36,37)29-31-19-25(34(29)21-26-10-6-16-39-26)20-33(13-12-32-14-17-38-18-15-32)28(35)23-7-2-1-3-8-23/h1-5,7-9,11,19,26H,6,10,12-18,20-22H2/t26-/m1/s1. The Balaban J connectivity index is 1.44. The molecule has 3 aromatic rings. The molecule has 2 aliphatic rings. The van der Waals surface area contributed by atoms with Gasteiger partial charge >= 0.3 is 0 Å². The van der Waals surface area contributed by atoms with Crippen LogP contribution in [0, 0.1) is 5.82 Å². The van der Waals surface area contributed by atoms with E-state index in [1.54, 1.807) is 27.7 Å². The molecule has 0 saturated carbocycles. The van der Waals surface area contributed by atoms with Gasteiger partial charge in [0.2, 0.25) is 15.0 Å². The summed E-state index contributed by atoms with van der Waals surface area (Å²) in [5.41, 5.74) is 1.23. The number of imidazole rings is 1. The van der Waals surface area contributed by atoms with Crippen LogP contribution in [0.5, 0.6) is 0 Å². The van der Waals surface area contributed by atoms with Crippen molar-refractivity contribution in [1.29, 1.82) is 0 Å². The third-order valence-electron chi connectivity index (χ3n) is 7.34. The van der Waals surface area contributed by atoms with Crippen LogP contribution >= 0.6 is 0 Å². The number of hydrogen-bond acceptors (Lipinski definition) is 7. The lowest BCUT2D eigenvalue weighted by Gasteiger charge is -2.30. The number of halogens is 1. The maximum Gasteiger partial charge on any atom is 0.254 e. The number of carbonyl (C=O) groups is 1. The van der Waals surface area contributed by atoms with Crippen LogP contribution in [-0.2, 0) is 38.2 Å². The van der Waals surface area contributed by atoms with Gasteiger partial charge < -0.3 is 18.9 Å². The number of benzene rings is 2. The fourth-order valence-electron chi connectivity index (χ4n) is 5.14. The zero-order valence-electron chi connectivity index (χ0n) is 22.5. The second-order valence-corrected chi connectivity index (χ2v) is 12.1. The number of carbonyl (C=O) groups excluding carboxylic acids is 1. The highest BCUT2D eigenvalue weighted by atomic mass is 32.2. The van der Waals surface area contributed by atoms with E-state index >= 15 is 0 Å². The van der Waals surface area contributed by atoms with Gasteiger partial charge in [-0.1, -0.05) is 36.4 Å². The topological polar surface area (TPSA) is 94.0 Å². The van der Waals surface area contributed by atoms with Gasteiger partial charge in [-0.05, 0) is 31.0 Å². The zero-order valence-corrected chi connectivity index (χ0v) is 23.3. The molecule has 2 fully saturated rings. The van der Waals surface area contributed by atoms with E-state index in [-0.39, 0.29) is 35.8 Å². The summed E-state index contributed by atoms with van der Waals surface area (Å²) in [6.45, 7) is 5.10. The number of sulfone groups is 1. The van der Waals surface area contributed by atoms with Crippen molar-refractivity contribution in [2.75, 3.05) is 46.0 Å². The molecule has 5 rings (SSSR count). The van der Waals surface area contributed by atoms with Crippen molar-refractivity contribution in [3.05, 3.63) is 83.4 Å². The Morgan fingerprint density at radius 3 is 2.52 bits per heavy atom. The SMILES string of the molecule is O=C(c1ccccc1)N(CCN1CCOCC1)Cc1cnc(S(=O)(=O)Cc2ccccc2F)n1C[C@H]1CCCO1. The smallest absolute Gasteiger partial charge is 0.254 e. The number of nitrogens with zero attached hydrogens (tertiary/aromatic N) is 4. The molecule has 9 nitrogen and oxygen atoms in total. The van der Waals surface area contributed by atoms with Crippen molar-refractivity contribution in [3.8, 4) is 0 Å². The predicted molar refractivity (Wildman–Crippen MR) is 147 cm³/mol. The Morgan fingerprint density at radius 1 is 1.05 bits per heavy atom. The van der Waals surface area contributed by atoms with Gasteiger partial charge in [0.1, 0.15) is 5.82 Å². The van der Waals surface area contributed by atoms with E-state index in [2.05, 4.69) is 9.88 Å². The minimum absolute atomic E-state index is 0.0853. The predicted octanol–water partition coefficient (Wildman–Crippen LogP) is 3.15. The molecular formula is C29H35FN4O5S. The van der Waals surface area contributed by atoms with Crippen LogP contribution in [0.25, 0.3) is 0 Å². The van der Waals surface area contributed by atoms with Crippen molar-refractivity contribution >= 4 is 15.7 Å². The Morgan fingerprint density at radius 2 is 1.80 bits per heavy atom. The molecule has 1 aromatic heterocycles. The van der Waals surface area contributed by atoms with Crippen LogP contribution in [0.15, 0.2) is 66.0 Å². The Labute approximate surface area is 234 Å². The molecule has 2 aromatic carbocycles. The van der Waals surface area contributed by atoms with Crippen LogP contribution in [0.3, 0.4) is 0 Å². The van der Waals surface area contributed by atoms with E-state index in [0.29, 0.717) is 44.2 Å². The molecule has 2 aliphatic heterocycles. The maximum atomic E-state index is 14.4. The van der Waals surface area contributed by atoms with Crippen LogP contribution < -0.4 is 0 Å². The average Bonchev–Trinajstić information content (AvgIpc) is 3.63. The first-order valence-corrected chi connectivity index (χ1v) is 15.3. The lowest BCUT2D eigenvalue weighted by atomic mass is 10.2. The first-order valence-electron chi connectivity index (χ1n) is 13.7. The summed E-state index contributed by atoms with van der Waals surface area (Å²) in [7, 11) is -3.99. The average molecular weight is 571 g/mol. The van der Waals surface area contributed by atoms with Gasteiger partial charge in [0, 0.05) is 43.9 Å².